The minimum Gasteiger partial charge on any atom is -0.318 e. The molecule has 0 saturated heterocycles. The van der Waals surface area contributed by atoms with Gasteiger partial charge in [0.25, 0.3) is 0 Å². The van der Waals surface area contributed by atoms with Gasteiger partial charge in [0.1, 0.15) is 0 Å². The summed E-state index contributed by atoms with van der Waals surface area (Å²) in [5.41, 5.74) is 6.56. The van der Waals surface area contributed by atoms with E-state index in [9.17, 15) is 0 Å². The summed E-state index contributed by atoms with van der Waals surface area (Å²) in [7, 11) is 0. The molecule has 0 unspecified atom stereocenters. The Kier molecular flexibility index (Phi) is 3.87. The second-order valence-corrected chi connectivity index (χ2v) is 4.85. The Morgan fingerprint density at radius 2 is 1.72 bits per heavy atom. The van der Waals surface area contributed by atoms with E-state index in [1.54, 1.807) is 0 Å². The molecule has 0 amide bonds. The van der Waals surface area contributed by atoms with Gasteiger partial charge in [-0.1, -0.05) is 24.6 Å². The van der Waals surface area contributed by atoms with Crippen LogP contribution in [0.15, 0.2) is 30.3 Å². The minimum atomic E-state index is 0.946. The summed E-state index contributed by atoms with van der Waals surface area (Å²) >= 11 is 0. The van der Waals surface area contributed by atoms with E-state index in [1.807, 2.05) is 0 Å². The average Bonchev–Trinajstić information content (AvgIpc) is 2.63. The summed E-state index contributed by atoms with van der Waals surface area (Å²) in [5.74, 6) is 0. The van der Waals surface area contributed by atoms with Gasteiger partial charge in [-0.05, 0) is 51.1 Å². The zero-order valence-electron chi connectivity index (χ0n) is 11.7. The fourth-order valence-corrected chi connectivity index (χ4v) is 2.36. The Balaban J connectivity index is 2.38. The van der Waals surface area contributed by atoms with Crippen LogP contribution in [0.1, 0.15) is 29.4 Å². The third-order valence-corrected chi connectivity index (χ3v) is 3.39. The van der Waals surface area contributed by atoms with Gasteiger partial charge in [-0.3, -0.25) is 0 Å². The molecule has 0 atom stereocenters. The number of aromatic nitrogens is 1. The molecule has 1 N–H and O–H groups in total. The monoisotopic (exact) mass is 242 g/mol. The van der Waals surface area contributed by atoms with Gasteiger partial charge in [-0.25, -0.2) is 0 Å². The van der Waals surface area contributed by atoms with Crippen LogP contribution in [0, 0.1) is 20.8 Å². The average molecular weight is 242 g/mol. The summed E-state index contributed by atoms with van der Waals surface area (Å²) in [6.45, 7) is 10.6. The van der Waals surface area contributed by atoms with Crippen LogP contribution in [0.2, 0.25) is 0 Å². The maximum atomic E-state index is 3.39. The number of aryl methyl sites for hydroxylation is 2. The van der Waals surface area contributed by atoms with Gasteiger partial charge in [-0.2, -0.15) is 0 Å². The molecule has 1 heterocycles. The number of rotatable bonds is 4. The molecule has 0 aliphatic rings. The first-order valence-corrected chi connectivity index (χ1v) is 6.59. The molecule has 2 rings (SSSR count). The highest BCUT2D eigenvalue weighted by Gasteiger charge is 2.09. The molecule has 0 fully saturated rings. The topological polar surface area (TPSA) is 17.0 Å². The highest BCUT2D eigenvalue weighted by molar-refractivity contribution is 5.42. The molecular formula is C16H22N2. The Morgan fingerprint density at radius 1 is 1.06 bits per heavy atom. The molecule has 0 radical (unpaired) electrons. The summed E-state index contributed by atoms with van der Waals surface area (Å²) in [4.78, 5) is 0. The van der Waals surface area contributed by atoms with Gasteiger partial charge in [0.05, 0.1) is 0 Å². The first-order valence-electron chi connectivity index (χ1n) is 6.59. The van der Waals surface area contributed by atoms with Crippen LogP contribution in [-0.2, 0) is 6.54 Å². The van der Waals surface area contributed by atoms with Crippen LogP contribution in [-0.4, -0.2) is 11.1 Å². The molecule has 18 heavy (non-hydrogen) atoms. The number of nitrogens with zero attached hydrogens (tertiary/aromatic N) is 1. The maximum Gasteiger partial charge on any atom is 0.0455 e. The van der Waals surface area contributed by atoms with E-state index in [0.29, 0.717) is 0 Å². The lowest BCUT2D eigenvalue weighted by Crippen LogP contribution is -2.12. The predicted octanol–water partition coefficient (Wildman–Crippen LogP) is 3.51. The molecule has 2 aromatic rings. The second kappa shape index (κ2) is 5.40. The van der Waals surface area contributed by atoms with Crippen molar-refractivity contribution in [3.05, 3.63) is 52.8 Å². The van der Waals surface area contributed by atoms with Crippen molar-refractivity contribution in [2.45, 2.75) is 34.2 Å². The Bertz CT molecular complexity index is 521. The third kappa shape index (κ3) is 2.49. The van der Waals surface area contributed by atoms with Crippen LogP contribution in [0.25, 0.3) is 5.69 Å². The molecule has 96 valence electrons. The van der Waals surface area contributed by atoms with Gasteiger partial charge < -0.3 is 9.88 Å². The van der Waals surface area contributed by atoms with E-state index in [2.05, 4.69) is 67.9 Å². The summed E-state index contributed by atoms with van der Waals surface area (Å²) < 4.78 is 2.33. The highest BCUT2D eigenvalue weighted by atomic mass is 15.0. The highest BCUT2D eigenvalue weighted by Crippen LogP contribution is 2.21. The van der Waals surface area contributed by atoms with Crippen molar-refractivity contribution < 1.29 is 0 Å². The molecule has 2 heteroatoms. The van der Waals surface area contributed by atoms with Crippen LogP contribution >= 0.6 is 0 Å². The Hall–Kier alpha value is -1.54. The summed E-state index contributed by atoms with van der Waals surface area (Å²) in [5, 5.41) is 3.39. The number of nitrogens with one attached hydrogen (secondary N) is 1. The molecule has 0 aliphatic carbocycles. The van der Waals surface area contributed by atoms with E-state index < -0.39 is 0 Å². The van der Waals surface area contributed by atoms with Crippen molar-refractivity contribution in [2.75, 3.05) is 6.54 Å². The van der Waals surface area contributed by atoms with E-state index in [4.69, 9.17) is 0 Å². The number of hydrogen-bond donors (Lipinski definition) is 1. The SMILES string of the molecule is CCNCc1cc(C)n(-c2ccc(C)cc2)c1C. The molecule has 2 nitrogen and oxygen atoms in total. The zero-order valence-corrected chi connectivity index (χ0v) is 11.7. The summed E-state index contributed by atoms with van der Waals surface area (Å²) in [6, 6.07) is 11.0. The quantitative estimate of drug-likeness (QED) is 0.868. The Labute approximate surface area is 110 Å². The maximum absolute atomic E-state index is 3.39. The standard InChI is InChI=1S/C16H22N2/c1-5-17-11-15-10-13(3)18(14(15)4)16-8-6-12(2)7-9-16/h6-10,17H,5,11H2,1-4H3. The van der Waals surface area contributed by atoms with Crippen molar-refractivity contribution in [3.63, 3.8) is 0 Å². The normalized spacial score (nSPS) is 10.9. The molecule has 0 aliphatic heterocycles. The lowest BCUT2D eigenvalue weighted by atomic mass is 10.2. The van der Waals surface area contributed by atoms with Crippen molar-refractivity contribution in [1.82, 2.24) is 9.88 Å². The molecular weight excluding hydrogens is 220 g/mol. The summed E-state index contributed by atoms with van der Waals surface area (Å²) in [6.07, 6.45) is 0. The molecule has 1 aromatic heterocycles. The van der Waals surface area contributed by atoms with Gasteiger partial charge in [0.15, 0.2) is 0 Å². The lowest BCUT2D eigenvalue weighted by molar-refractivity contribution is 0.722. The largest absolute Gasteiger partial charge is 0.318 e. The van der Waals surface area contributed by atoms with E-state index in [-0.39, 0.29) is 0 Å². The van der Waals surface area contributed by atoms with Crippen molar-refractivity contribution in [2.24, 2.45) is 0 Å². The smallest absolute Gasteiger partial charge is 0.0455 e. The predicted molar refractivity (Wildman–Crippen MR) is 77.4 cm³/mol. The Morgan fingerprint density at radius 3 is 2.33 bits per heavy atom. The number of benzene rings is 1. The van der Waals surface area contributed by atoms with E-state index in [1.165, 1.54) is 28.2 Å². The van der Waals surface area contributed by atoms with Crippen molar-refractivity contribution in [3.8, 4) is 5.69 Å². The van der Waals surface area contributed by atoms with Crippen LogP contribution < -0.4 is 5.32 Å². The van der Waals surface area contributed by atoms with Crippen LogP contribution in [0.4, 0.5) is 0 Å². The zero-order chi connectivity index (χ0) is 13.1. The second-order valence-electron chi connectivity index (χ2n) is 4.85. The molecule has 1 aromatic carbocycles. The van der Waals surface area contributed by atoms with Gasteiger partial charge in [0, 0.05) is 23.6 Å². The molecule has 0 saturated carbocycles. The minimum absolute atomic E-state index is 0.946. The van der Waals surface area contributed by atoms with Gasteiger partial charge in [-0.15, -0.1) is 0 Å². The van der Waals surface area contributed by atoms with Crippen LogP contribution in [0.3, 0.4) is 0 Å². The van der Waals surface area contributed by atoms with Gasteiger partial charge >= 0.3 is 0 Å². The van der Waals surface area contributed by atoms with Crippen molar-refractivity contribution in [1.29, 1.82) is 0 Å². The number of hydrogen-bond acceptors (Lipinski definition) is 1. The lowest BCUT2D eigenvalue weighted by Gasteiger charge is -2.10. The first kappa shape index (κ1) is 12.9. The first-order chi connectivity index (χ1) is 8.63. The van der Waals surface area contributed by atoms with E-state index >= 15 is 0 Å². The fourth-order valence-electron chi connectivity index (χ4n) is 2.36. The van der Waals surface area contributed by atoms with Crippen molar-refractivity contribution >= 4 is 0 Å². The third-order valence-electron chi connectivity index (χ3n) is 3.39. The van der Waals surface area contributed by atoms with Gasteiger partial charge in [0.2, 0.25) is 0 Å². The van der Waals surface area contributed by atoms with E-state index in [0.717, 1.165) is 13.1 Å². The molecule has 0 spiro atoms. The van der Waals surface area contributed by atoms with Crippen LogP contribution in [0.5, 0.6) is 0 Å². The fraction of sp³-hybridized carbons (Fsp3) is 0.375. The molecule has 0 bridgehead atoms.